The average molecular weight is 382 g/mol. The van der Waals surface area contributed by atoms with Crippen molar-refractivity contribution in [3.05, 3.63) is 59.7 Å². The van der Waals surface area contributed by atoms with Gasteiger partial charge < -0.3 is 15.0 Å². The van der Waals surface area contributed by atoms with E-state index >= 15 is 0 Å². The molecule has 0 saturated carbocycles. The number of anilines is 1. The van der Waals surface area contributed by atoms with E-state index in [4.69, 9.17) is 5.11 Å². The van der Waals surface area contributed by atoms with E-state index in [1.54, 1.807) is 12.1 Å². The maximum atomic E-state index is 12.1. The number of carbonyl (C=O) groups is 2. The molecule has 0 atom stereocenters. The molecule has 2 aromatic carbocycles. The normalized spacial score (nSPS) is 10.6. The summed E-state index contributed by atoms with van der Waals surface area (Å²) in [6.45, 7) is 2.01. The molecule has 0 aliphatic rings. The van der Waals surface area contributed by atoms with Gasteiger partial charge >= 0.3 is 5.97 Å². The first-order chi connectivity index (χ1) is 13.0. The number of benzene rings is 2. The van der Waals surface area contributed by atoms with Gasteiger partial charge in [-0.1, -0.05) is 36.0 Å². The molecule has 27 heavy (non-hydrogen) atoms. The van der Waals surface area contributed by atoms with Crippen LogP contribution in [-0.2, 0) is 11.8 Å². The van der Waals surface area contributed by atoms with Gasteiger partial charge in [0.1, 0.15) is 0 Å². The number of carbonyl (C=O) groups excluding carboxylic acids is 1. The first-order valence-corrected chi connectivity index (χ1v) is 9.15. The first kappa shape index (κ1) is 18.7. The van der Waals surface area contributed by atoms with Crippen LogP contribution in [0.2, 0.25) is 0 Å². The molecule has 1 heterocycles. The number of amides is 1. The Kier molecular flexibility index (Phi) is 5.56. The average Bonchev–Trinajstić information content (AvgIpc) is 3.01. The molecule has 0 aliphatic carbocycles. The van der Waals surface area contributed by atoms with Crippen molar-refractivity contribution >= 4 is 29.3 Å². The molecule has 2 N–H and O–H groups in total. The van der Waals surface area contributed by atoms with Crippen molar-refractivity contribution < 1.29 is 14.7 Å². The fraction of sp³-hybridized carbons (Fsp3) is 0.158. The van der Waals surface area contributed by atoms with Crippen molar-refractivity contribution in [3.63, 3.8) is 0 Å². The van der Waals surface area contributed by atoms with Crippen molar-refractivity contribution in [2.24, 2.45) is 7.05 Å². The Balaban J connectivity index is 1.62. The summed E-state index contributed by atoms with van der Waals surface area (Å²) in [5.74, 6) is -0.292. The molecule has 0 aliphatic heterocycles. The molecule has 138 valence electrons. The third-order valence-electron chi connectivity index (χ3n) is 3.97. The van der Waals surface area contributed by atoms with Gasteiger partial charge in [0.15, 0.2) is 11.0 Å². The number of aryl methyl sites for hydroxylation is 1. The van der Waals surface area contributed by atoms with Crippen LogP contribution in [0.25, 0.3) is 11.4 Å². The molecule has 7 nitrogen and oxygen atoms in total. The summed E-state index contributed by atoms with van der Waals surface area (Å²) < 4.78 is 1.86. The van der Waals surface area contributed by atoms with Crippen molar-refractivity contribution in [3.8, 4) is 11.4 Å². The van der Waals surface area contributed by atoms with Crippen LogP contribution in [0.1, 0.15) is 15.9 Å². The Labute approximate surface area is 160 Å². The zero-order chi connectivity index (χ0) is 19.4. The molecule has 8 heteroatoms. The fourth-order valence-electron chi connectivity index (χ4n) is 2.52. The third kappa shape index (κ3) is 4.35. The zero-order valence-electron chi connectivity index (χ0n) is 14.8. The zero-order valence-corrected chi connectivity index (χ0v) is 15.7. The van der Waals surface area contributed by atoms with E-state index in [9.17, 15) is 9.59 Å². The van der Waals surface area contributed by atoms with E-state index in [0.29, 0.717) is 10.8 Å². The van der Waals surface area contributed by atoms with Crippen LogP contribution in [0, 0.1) is 6.92 Å². The molecule has 0 fully saturated rings. The highest BCUT2D eigenvalue weighted by Gasteiger charge is 2.14. The molecule has 0 radical (unpaired) electrons. The van der Waals surface area contributed by atoms with Gasteiger partial charge in [0.25, 0.3) is 0 Å². The summed E-state index contributed by atoms with van der Waals surface area (Å²) in [5.41, 5.74) is 2.82. The van der Waals surface area contributed by atoms with E-state index < -0.39 is 5.97 Å². The van der Waals surface area contributed by atoms with Gasteiger partial charge in [0.2, 0.25) is 5.91 Å². The Hall–Kier alpha value is -3.13. The molecule has 1 amide bonds. The molecule has 3 rings (SSSR count). The van der Waals surface area contributed by atoms with E-state index in [0.717, 1.165) is 17.0 Å². The Morgan fingerprint density at radius 2 is 1.81 bits per heavy atom. The van der Waals surface area contributed by atoms with Gasteiger partial charge in [-0.15, -0.1) is 10.2 Å². The second kappa shape index (κ2) is 8.05. The largest absolute Gasteiger partial charge is 0.478 e. The summed E-state index contributed by atoms with van der Waals surface area (Å²) in [6, 6.07) is 13.9. The Morgan fingerprint density at radius 3 is 2.48 bits per heavy atom. The topological polar surface area (TPSA) is 97.1 Å². The highest BCUT2D eigenvalue weighted by atomic mass is 32.2. The fourth-order valence-corrected chi connectivity index (χ4v) is 3.23. The number of hydrogen-bond donors (Lipinski definition) is 2. The van der Waals surface area contributed by atoms with E-state index in [1.807, 2.05) is 42.8 Å². The van der Waals surface area contributed by atoms with Gasteiger partial charge in [-0.2, -0.15) is 0 Å². The van der Waals surface area contributed by atoms with Crippen LogP contribution in [0.3, 0.4) is 0 Å². The van der Waals surface area contributed by atoms with E-state index in [1.165, 1.54) is 23.9 Å². The number of aromatic carboxylic acids is 1. The number of rotatable bonds is 6. The maximum Gasteiger partial charge on any atom is 0.335 e. The Morgan fingerprint density at radius 1 is 1.11 bits per heavy atom. The molecule has 3 aromatic rings. The summed E-state index contributed by atoms with van der Waals surface area (Å²) in [4.78, 5) is 23.0. The lowest BCUT2D eigenvalue weighted by Gasteiger charge is -2.07. The van der Waals surface area contributed by atoms with Crippen LogP contribution in [0.5, 0.6) is 0 Å². The minimum atomic E-state index is -1.00. The number of nitrogens with zero attached hydrogens (tertiary/aromatic N) is 3. The summed E-state index contributed by atoms with van der Waals surface area (Å²) in [7, 11) is 1.87. The molecule has 0 unspecified atom stereocenters. The van der Waals surface area contributed by atoms with Crippen LogP contribution < -0.4 is 5.32 Å². The van der Waals surface area contributed by atoms with Crippen LogP contribution in [0.4, 0.5) is 5.69 Å². The first-order valence-electron chi connectivity index (χ1n) is 8.17. The molecule has 0 saturated heterocycles. The summed E-state index contributed by atoms with van der Waals surface area (Å²) in [6.07, 6.45) is 0. The number of carboxylic acid groups (broad SMARTS) is 1. The molecule has 1 aromatic heterocycles. The minimum absolute atomic E-state index is 0.167. The number of thioether (sulfide) groups is 1. The molecule has 0 bridgehead atoms. The van der Waals surface area contributed by atoms with Gasteiger partial charge in [0.05, 0.1) is 11.3 Å². The van der Waals surface area contributed by atoms with Gasteiger partial charge in [-0.05, 0) is 36.8 Å². The number of hydrogen-bond acceptors (Lipinski definition) is 5. The van der Waals surface area contributed by atoms with E-state index in [2.05, 4.69) is 15.5 Å². The summed E-state index contributed by atoms with van der Waals surface area (Å²) >= 11 is 1.29. The van der Waals surface area contributed by atoms with Crippen molar-refractivity contribution in [1.82, 2.24) is 14.8 Å². The van der Waals surface area contributed by atoms with Crippen LogP contribution >= 0.6 is 11.8 Å². The second-order valence-corrected chi connectivity index (χ2v) is 6.84. The molecular formula is C19H18N4O3S. The van der Waals surface area contributed by atoms with Crippen molar-refractivity contribution in [2.45, 2.75) is 12.1 Å². The Bertz CT molecular complexity index is 983. The van der Waals surface area contributed by atoms with Crippen molar-refractivity contribution in [1.29, 1.82) is 0 Å². The smallest absolute Gasteiger partial charge is 0.335 e. The highest BCUT2D eigenvalue weighted by molar-refractivity contribution is 7.99. The van der Waals surface area contributed by atoms with Crippen LogP contribution in [-0.4, -0.2) is 37.5 Å². The van der Waals surface area contributed by atoms with Crippen LogP contribution in [0.15, 0.2) is 53.7 Å². The number of aromatic nitrogens is 3. The maximum absolute atomic E-state index is 12.1. The predicted molar refractivity (Wildman–Crippen MR) is 104 cm³/mol. The lowest BCUT2D eigenvalue weighted by molar-refractivity contribution is -0.113. The lowest BCUT2D eigenvalue weighted by Crippen LogP contribution is -2.14. The van der Waals surface area contributed by atoms with E-state index in [-0.39, 0.29) is 17.2 Å². The van der Waals surface area contributed by atoms with Crippen molar-refractivity contribution in [2.75, 3.05) is 11.1 Å². The van der Waals surface area contributed by atoms with Gasteiger partial charge in [-0.25, -0.2) is 4.79 Å². The highest BCUT2D eigenvalue weighted by Crippen LogP contribution is 2.25. The summed E-state index contributed by atoms with van der Waals surface area (Å²) in [5, 5.41) is 20.7. The quantitative estimate of drug-likeness (QED) is 0.636. The monoisotopic (exact) mass is 382 g/mol. The number of carboxylic acids is 1. The van der Waals surface area contributed by atoms with Gasteiger partial charge in [0, 0.05) is 18.3 Å². The third-order valence-corrected chi connectivity index (χ3v) is 4.99. The molecular weight excluding hydrogens is 364 g/mol. The molecule has 0 spiro atoms. The minimum Gasteiger partial charge on any atom is -0.478 e. The predicted octanol–water partition coefficient (Wildman–Crippen LogP) is 3.22. The standard InChI is InChI=1S/C19H18N4O3S/c1-12-5-3-4-6-15(12)17-21-22-19(23(17)2)27-11-16(24)20-14-9-7-13(8-10-14)18(25)26/h3-10H,11H2,1-2H3,(H,20,24)(H,25,26). The number of nitrogens with one attached hydrogen (secondary N) is 1. The SMILES string of the molecule is Cc1ccccc1-c1nnc(SCC(=O)Nc2ccc(C(=O)O)cc2)n1C. The van der Waals surface area contributed by atoms with Gasteiger partial charge in [-0.3, -0.25) is 4.79 Å². The lowest BCUT2D eigenvalue weighted by atomic mass is 10.1. The second-order valence-electron chi connectivity index (χ2n) is 5.90.